The van der Waals surface area contributed by atoms with Crippen LogP contribution >= 0.6 is 0 Å². The number of anilines is 1. The van der Waals surface area contributed by atoms with Gasteiger partial charge in [0.2, 0.25) is 5.91 Å². The molecule has 0 aliphatic heterocycles. The van der Waals surface area contributed by atoms with E-state index in [2.05, 4.69) is 10.6 Å². The molecule has 0 atom stereocenters. The first-order chi connectivity index (χ1) is 8.90. The number of hydrogen-bond donors (Lipinski definition) is 3. The van der Waals surface area contributed by atoms with Crippen molar-refractivity contribution < 1.29 is 19.6 Å². The Morgan fingerprint density at radius 1 is 1.37 bits per heavy atom. The summed E-state index contributed by atoms with van der Waals surface area (Å²) in [7, 11) is 0. The summed E-state index contributed by atoms with van der Waals surface area (Å²) < 4.78 is 0. The number of benzene rings is 1. The molecule has 0 aliphatic rings. The van der Waals surface area contributed by atoms with E-state index in [9.17, 15) is 19.7 Å². The molecule has 0 fully saturated rings. The molecule has 8 heteroatoms. The summed E-state index contributed by atoms with van der Waals surface area (Å²) in [6.45, 7) is 1.04. The molecule has 19 heavy (non-hydrogen) atoms. The van der Waals surface area contributed by atoms with E-state index in [0.717, 1.165) is 5.56 Å². The van der Waals surface area contributed by atoms with Gasteiger partial charge < -0.3 is 15.7 Å². The standard InChI is InChI=1S/C11H13N3O5/c1-7-2-3-9(14(18)19)8(4-7)12-5-10(15)13-6-11(16)17/h2-4,12H,5-6H2,1H3,(H,13,15)(H,16,17). The number of carbonyl (C=O) groups excluding carboxylic acids is 1. The lowest BCUT2D eigenvalue weighted by molar-refractivity contribution is -0.384. The highest BCUT2D eigenvalue weighted by molar-refractivity contribution is 5.84. The van der Waals surface area contributed by atoms with Gasteiger partial charge in [0.15, 0.2) is 0 Å². The van der Waals surface area contributed by atoms with Crippen LogP contribution in [0.1, 0.15) is 5.56 Å². The number of aryl methyl sites for hydroxylation is 1. The molecule has 0 bridgehead atoms. The van der Waals surface area contributed by atoms with Crippen molar-refractivity contribution in [1.82, 2.24) is 5.32 Å². The van der Waals surface area contributed by atoms with Crippen LogP contribution in [0.25, 0.3) is 0 Å². The van der Waals surface area contributed by atoms with Gasteiger partial charge in [0, 0.05) is 6.07 Å². The zero-order chi connectivity index (χ0) is 14.4. The average molecular weight is 267 g/mol. The highest BCUT2D eigenvalue weighted by Gasteiger charge is 2.14. The lowest BCUT2D eigenvalue weighted by Gasteiger charge is -2.07. The summed E-state index contributed by atoms with van der Waals surface area (Å²) in [6, 6.07) is 4.48. The molecule has 1 rings (SSSR count). The molecule has 0 saturated heterocycles. The maximum atomic E-state index is 11.3. The number of amides is 1. The first-order valence-electron chi connectivity index (χ1n) is 5.37. The largest absolute Gasteiger partial charge is 0.480 e. The number of carboxylic acids is 1. The van der Waals surface area contributed by atoms with Crippen LogP contribution in [0.5, 0.6) is 0 Å². The summed E-state index contributed by atoms with van der Waals surface area (Å²) in [6.07, 6.45) is 0. The molecular weight excluding hydrogens is 254 g/mol. The molecule has 0 spiro atoms. The summed E-state index contributed by atoms with van der Waals surface area (Å²) in [5.74, 6) is -1.71. The zero-order valence-corrected chi connectivity index (χ0v) is 10.2. The third kappa shape index (κ3) is 4.62. The number of nitrogens with one attached hydrogen (secondary N) is 2. The maximum Gasteiger partial charge on any atom is 0.322 e. The van der Waals surface area contributed by atoms with Crippen LogP contribution in [0.15, 0.2) is 18.2 Å². The molecule has 0 aliphatic carbocycles. The minimum absolute atomic E-state index is 0.142. The van der Waals surface area contributed by atoms with Crippen molar-refractivity contribution in [2.24, 2.45) is 0 Å². The fourth-order valence-electron chi connectivity index (χ4n) is 1.36. The molecule has 0 radical (unpaired) electrons. The summed E-state index contributed by atoms with van der Waals surface area (Å²) >= 11 is 0. The number of aliphatic carboxylic acids is 1. The number of rotatable bonds is 6. The van der Waals surface area contributed by atoms with E-state index in [-0.39, 0.29) is 17.9 Å². The van der Waals surface area contributed by atoms with Crippen molar-refractivity contribution in [2.45, 2.75) is 6.92 Å². The highest BCUT2D eigenvalue weighted by Crippen LogP contribution is 2.24. The molecule has 0 saturated carbocycles. The first kappa shape index (κ1) is 14.4. The molecule has 102 valence electrons. The summed E-state index contributed by atoms with van der Waals surface area (Å²) in [5.41, 5.74) is 0.881. The Bertz CT molecular complexity index is 515. The van der Waals surface area contributed by atoms with Crippen LogP contribution in [0, 0.1) is 17.0 Å². The van der Waals surface area contributed by atoms with E-state index in [0.29, 0.717) is 0 Å². The van der Waals surface area contributed by atoms with E-state index in [1.165, 1.54) is 6.07 Å². The van der Waals surface area contributed by atoms with Crippen molar-refractivity contribution in [3.63, 3.8) is 0 Å². The van der Waals surface area contributed by atoms with Crippen LogP contribution in [-0.2, 0) is 9.59 Å². The third-order valence-corrected chi connectivity index (χ3v) is 2.22. The molecule has 8 nitrogen and oxygen atoms in total. The van der Waals surface area contributed by atoms with Crippen molar-refractivity contribution in [2.75, 3.05) is 18.4 Å². The molecule has 0 heterocycles. The fraction of sp³-hybridized carbons (Fsp3) is 0.273. The Hall–Kier alpha value is -2.64. The topological polar surface area (TPSA) is 122 Å². The molecule has 0 aromatic heterocycles. The Morgan fingerprint density at radius 3 is 2.63 bits per heavy atom. The van der Waals surface area contributed by atoms with Crippen LogP contribution in [0.3, 0.4) is 0 Å². The van der Waals surface area contributed by atoms with Crippen molar-refractivity contribution in [3.8, 4) is 0 Å². The number of hydrogen-bond acceptors (Lipinski definition) is 5. The van der Waals surface area contributed by atoms with Gasteiger partial charge in [-0.15, -0.1) is 0 Å². The average Bonchev–Trinajstić information content (AvgIpc) is 2.33. The summed E-state index contributed by atoms with van der Waals surface area (Å²) in [4.78, 5) is 31.7. The van der Waals surface area contributed by atoms with Gasteiger partial charge in [-0.3, -0.25) is 19.7 Å². The number of carboxylic acid groups (broad SMARTS) is 1. The van der Waals surface area contributed by atoms with Gasteiger partial charge in [-0.2, -0.15) is 0 Å². The molecule has 3 N–H and O–H groups in total. The second kappa shape index (κ2) is 6.34. The zero-order valence-electron chi connectivity index (χ0n) is 10.2. The van der Waals surface area contributed by atoms with E-state index in [1.54, 1.807) is 19.1 Å². The van der Waals surface area contributed by atoms with Gasteiger partial charge in [0.25, 0.3) is 5.69 Å². The van der Waals surface area contributed by atoms with Crippen molar-refractivity contribution >= 4 is 23.3 Å². The predicted octanol–water partition coefficient (Wildman–Crippen LogP) is 0.516. The monoisotopic (exact) mass is 267 g/mol. The highest BCUT2D eigenvalue weighted by atomic mass is 16.6. The second-order valence-electron chi connectivity index (χ2n) is 3.80. The minimum atomic E-state index is -1.16. The van der Waals surface area contributed by atoms with Crippen LogP contribution in [-0.4, -0.2) is 35.0 Å². The van der Waals surface area contributed by atoms with E-state index in [1.807, 2.05) is 0 Å². The first-order valence-corrected chi connectivity index (χ1v) is 5.37. The molecular formula is C11H13N3O5. The third-order valence-electron chi connectivity index (χ3n) is 2.22. The number of carbonyl (C=O) groups is 2. The minimum Gasteiger partial charge on any atom is -0.480 e. The fourth-order valence-corrected chi connectivity index (χ4v) is 1.36. The van der Waals surface area contributed by atoms with Crippen LogP contribution < -0.4 is 10.6 Å². The molecule has 1 aromatic rings. The van der Waals surface area contributed by atoms with Gasteiger partial charge in [-0.1, -0.05) is 6.07 Å². The molecule has 1 amide bonds. The maximum absolute atomic E-state index is 11.3. The van der Waals surface area contributed by atoms with Gasteiger partial charge in [0.05, 0.1) is 11.5 Å². The molecule has 0 unspecified atom stereocenters. The van der Waals surface area contributed by atoms with Gasteiger partial charge in [0.1, 0.15) is 12.2 Å². The Labute approximate surface area is 108 Å². The predicted molar refractivity (Wildman–Crippen MR) is 67.0 cm³/mol. The SMILES string of the molecule is Cc1ccc([N+](=O)[O-])c(NCC(=O)NCC(=O)O)c1. The quantitative estimate of drug-likeness (QED) is 0.510. The Morgan fingerprint density at radius 2 is 2.05 bits per heavy atom. The smallest absolute Gasteiger partial charge is 0.322 e. The van der Waals surface area contributed by atoms with Gasteiger partial charge in [-0.25, -0.2) is 0 Å². The second-order valence-corrected chi connectivity index (χ2v) is 3.80. The summed E-state index contributed by atoms with van der Waals surface area (Å²) in [5, 5.41) is 23.9. The number of nitro benzene ring substituents is 1. The molecule has 1 aromatic carbocycles. The van der Waals surface area contributed by atoms with Gasteiger partial charge in [-0.05, 0) is 18.6 Å². The van der Waals surface area contributed by atoms with E-state index < -0.39 is 23.3 Å². The normalized spacial score (nSPS) is 9.74. The Kier molecular flexibility index (Phi) is 4.81. The number of nitrogens with zero attached hydrogens (tertiary/aromatic N) is 1. The lowest BCUT2D eigenvalue weighted by atomic mass is 10.2. The lowest BCUT2D eigenvalue weighted by Crippen LogP contribution is -2.33. The number of nitro groups is 1. The Balaban J connectivity index is 2.66. The van der Waals surface area contributed by atoms with Crippen molar-refractivity contribution in [1.29, 1.82) is 0 Å². The van der Waals surface area contributed by atoms with E-state index in [4.69, 9.17) is 5.11 Å². The van der Waals surface area contributed by atoms with Gasteiger partial charge >= 0.3 is 5.97 Å². The van der Waals surface area contributed by atoms with Crippen LogP contribution in [0.4, 0.5) is 11.4 Å². The van der Waals surface area contributed by atoms with Crippen LogP contribution in [0.2, 0.25) is 0 Å². The van der Waals surface area contributed by atoms with Crippen molar-refractivity contribution in [3.05, 3.63) is 33.9 Å². The van der Waals surface area contributed by atoms with E-state index >= 15 is 0 Å².